The second-order valence-electron chi connectivity index (χ2n) is 26.6. The number of hydrogen-bond donors (Lipinski definition) is 3. The van der Waals surface area contributed by atoms with Crippen molar-refractivity contribution in [1.82, 2.24) is 0 Å². The van der Waals surface area contributed by atoms with E-state index in [9.17, 15) is 43.2 Å². The molecular weight excluding hydrogens is 1160 g/mol. The van der Waals surface area contributed by atoms with E-state index in [0.717, 1.165) is 115 Å². The monoisotopic (exact) mass is 1300 g/mol. The maximum atomic E-state index is 13.0. The second kappa shape index (κ2) is 58.8. The molecule has 0 aliphatic carbocycles. The summed E-state index contributed by atoms with van der Waals surface area (Å²) in [4.78, 5) is 72.5. The highest BCUT2D eigenvalue weighted by molar-refractivity contribution is 7.47. The molecule has 0 aromatic heterocycles. The van der Waals surface area contributed by atoms with Crippen molar-refractivity contribution in [2.24, 2.45) is 23.7 Å². The van der Waals surface area contributed by atoms with Gasteiger partial charge in [0.1, 0.15) is 19.3 Å². The molecule has 19 heteroatoms. The summed E-state index contributed by atoms with van der Waals surface area (Å²) in [5.74, 6) is 0.846. The van der Waals surface area contributed by atoms with Gasteiger partial charge in [0.2, 0.25) is 0 Å². The number of rotatable bonds is 66. The van der Waals surface area contributed by atoms with E-state index in [-0.39, 0.29) is 25.7 Å². The highest BCUT2D eigenvalue weighted by atomic mass is 31.2. The smallest absolute Gasteiger partial charge is 0.462 e. The summed E-state index contributed by atoms with van der Waals surface area (Å²) in [6.07, 6.45) is 40.4. The van der Waals surface area contributed by atoms with Gasteiger partial charge in [-0.2, -0.15) is 0 Å². The number of phosphoric ester groups is 2. The number of aliphatic hydroxyl groups is 1. The third-order valence-corrected chi connectivity index (χ3v) is 18.1. The minimum Gasteiger partial charge on any atom is -0.462 e. The van der Waals surface area contributed by atoms with E-state index in [2.05, 4.69) is 55.4 Å². The average Bonchev–Trinajstić information content (AvgIpc) is 3.51. The van der Waals surface area contributed by atoms with Crippen LogP contribution in [0.3, 0.4) is 0 Å². The summed E-state index contributed by atoms with van der Waals surface area (Å²) in [6.45, 7) is 14.1. The van der Waals surface area contributed by atoms with Gasteiger partial charge in [-0.05, 0) is 49.4 Å². The number of phosphoric acid groups is 2. The molecule has 88 heavy (non-hydrogen) atoms. The Bertz CT molecular complexity index is 1750. The van der Waals surface area contributed by atoms with Crippen molar-refractivity contribution in [2.75, 3.05) is 39.6 Å². The number of esters is 4. The second-order valence-corrected chi connectivity index (χ2v) is 29.5. The molecule has 17 nitrogen and oxygen atoms in total. The summed E-state index contributed by atoms with van der Waals surface area (Å²) >= 11 is 0. The molecule has 0 aliphatic rings. The Morgan fingerprint density at radius 2 is 0.545 bits per heavy atom. The van der Waals surface area contributed by atoms with Gasteiger partial charge >= 0.3 is 39.5 Å². The molecule has 0 heterocycles. The van der Waals surface area contributed by atoms with Crippen LogP contribution in [0.4, 0.5) is 0 Å². The highest BCUT2D eigenvalue weighted by Gasteiger charge is 2.30. The lowest BCUT2D eigenvalue weighted by Crippen LogP contribution is -2.30. The zero-order valence-corrected chi connectivity index (χ0v) is 59.1. The molecule has 0 bridgehead atoms. The molecule has 3 N–H and O–H groups in total. The Morgan fingerprint density at radius 3 is 0.807 bits per heavy atom. The van der Waals surface area contributed by atoms with Crippen molar-refractivity contribution in [3.8, 4) is 0 Å². The van der Waals surface area contributed by atoms with Crippen LogP contribution in [0.25, 0.3) is 0 Å². The van der Waals surface area contributed by atoms with Gasteiger partial charge in [-0.3, -0.25) is 37.3 Å². The minimum atomic E-state index is -4.95. The van der Waals surface area contributed by atoms with Gasteiger partial charge in [0, 0.05) is 25.7 Å². The van der Waals surface area contributed by atoms with Crippen molar-refractivity contribution in [3.63, 3.8) is 0 Å². The Hall–Kier alpha value is -1.94. The van der Waals surface area contributed by atoms with Gasteiger partial charge in [0.15, 0.2) is 12.2 Å². The van der Waals surface area contributed by atoms with Crippen molar-refractivity contribution in [1.29, 1.82) is 0 Å². The van der Waals surface area contributed by atoms with E-state index < -0.39 is 97.5 Å². The molecule has 0 rings (SSSR count). The minimum absolute atomic E-state index is 0.105. The normalized spacial score (nSPS) is 14.6. The van der Waals surface area contributed by atoms with E-state index in [1.54, 1.807) is 0 Å². The van der Waals surface area contributed by atoms with Crippen molar-refractivity contribution in [2.45, 2.75) is 356 Å². The van der Waals surface area contributed by atoms with Crippen LogP contribution >= 0.6 is 15.6 Å². The predicted molar refractivity (Wildman–Crippen MR) is 354 cm³/mol. The first-order valence-electron chi connectivity index (χ1n) is 35.7. The first kappa shape index (κ1) is 86.1. The zero-order valence-electron chi connectivity index (χ0n) is 57.3. The molecule has 0 aromatic rings. The average molecular weight is 1300 g/mol. The maximum absolute atomic E-state index is 13.0. The van der Waals surface area contributed by atoms with Crippen molar-refractivity contribution >= 4 is 39.5 Å². The van der Waals surface area contributed by atoms with Gasteiger partial charge in [-0.15, -0.1) is 0 Å². The van der Waals surface area contributed by atoms with Crippen LogP contribution in [0, 0.1) is 23.7 Å². The molecule has 0 saturated heterocycles. The van der Waals surface area contributed by atoms with Crippen LogP contribution in [0.2, 0.25) is 0 Å². The molecule has 522 valence electrons. The van der Waals surface area contributed by atoms with E-state index in [0.29, 0.717) is 37.5 Å². The first-order chi connectivity index (χ1) is 42.1. The lowest BCUT2D eigenvalue weighted by Gasteiger charge is -2.21. The van der Waals surface area contributed by atoms with E-state index in [4.69, 9.17) is 37.0 Å². The largest absolute Gasteiger partial charge is 0.472 e. The number of carbonyl (C=O) groups excluding carboxylic acids is 4. The fourth-order valence-electron chi connectivity index (χ4n) is 10.3. The van der Waals surface area contributed by atoms with Gasteiger partial charge in [0.05, 0.1) is 26.4 Å². The summed E-state index contributed by atoms with van der Waals surface area (Å²) in [5.41, 5.74) is 0. The van der Waals surface area contributed by atoms with Gasteiger partial charge < -0.3 is 33.8 Å². The first-order valence-corrected chi connectivity index (χ1v) is 38.7. The Morgan fingerprint density at radius 1 is 0.318 bits per heavy atom. The molecule has 0 fully saturated rings. The Labute approximate surface area is 537 Å². The number of carbonyl (C=O) groups is 4. The summed E-state index contributed by atoms with van der Waals surface area (Å²) in [6, 6.07) is 0. The van der Waals surface area contributed by atoms with E-state index in [1.807, 2.05) is 0 Å². The van der Waals surface area contributed by atoms with Crippen LogP contribution < -0.4 is 0 Å². The third-order valence-electron chi connectivity index (χ3n) is 16.2. The lowest BCUT2D eigenvalue weighted by atomic mass is 9.99. The molecule has 4 unspecified atom stereocenters. The molecule has 0 radical (unpaired) electrons. The molecular formula is C69H134O17P2. The standard InChI is InChI=1S/C69H134O17P2/c1-9-62(8)48-40-32-24-16-13-14-18-26-36-44-52-69(74)86-65(56-80-67(72)50-42-34-28-20-23-31-39-47-61(6)7)58-84-88(77,78)82-54-63(70)53-81-87(75,76)83-57-64(55-79-66(71)49-41-33-27-19-22-30-38-46-60(4)5)85-68(73)51-43-35-25-17-12-10-11-15-21-29-37-45-59(2)3/h59-65,70H,9-58H2,1-8H3,(H,75,76)(H,77,78)/t62?,63?,64-,65-/m1/s1. The zero-order chi connectivity index (χ0) is 65.4. The number of ether oxygens (including phenoxy) is 4. The van der Waals surface area contributed by atoms with Crippen LogP contribution in [-0.4, -0.2) is 96.7 Å². The maximum Gasteiger partial charge on any atom is 0.472 e. The highest BCUT2D eigenvalue weighted by Crippen LogP contribution is 2.45. The van der Waals surface area contributed by atoms with Gasteiger partial charge in [0.25, 0.3) is 0 Å². The van der Waals surface area contributed by atoms with Crippen LogP contribution in [0.5, 0.6) is 0 Å². The summed E-state index contributed by atoms with van der Waals surface area (Å²) in [5, 5.41) is 10.6. The van der Waals surface area contributed by atoms with Crippen molar-refractivity contribution < 1.29 is 80.2 Å². The molecule has 0 aliphatic heterocycles. The number of unbranched alkanes of at least 4 members (excludes halogenated alkanes) is 31. The SMILES string of the molecule is CCC(C)CCCCCCCCCCCCC(=O)O[C@H](COC(=O)CCCCCCCCCC(C)C)COP(=O)(O)OCC(O)COP(=O)(O)OC[C@@H](COC(=O)CCCCCCCCCC(C)C)OC(=O)CCCCCCCCCCCCCC(C)C. The Kier molecular flexibility index (Phi) is 57.6. The number of aliphatic hydroxyl groups excluding tert-OH is 1. The topological polar surface area (TPSA) is 237 Å². The summed E-state index contributed by atoms with van der Waals surface area (Å²) < 4.78 is 68.2. The molecule has 0 aromatic carbocycles. The fourth-order valence-corrected chi connectivity index (χ4v) is 11.9. The fraction of sp³-hybridized carbons (Fsp3) is 0.942. The summed E-state index contributed by atoms with van der Waals surface area (Å²) in [7, 11) is -9.90. The van der Waals surface area contributed by atoms with Crippen LogP contribution in [0.1, 0.15) is 338 Å². The lowest BCUT2D eigenvalue weighted by molar-refractivity contribution is -0.161. The molecule has 0 spiro atoms. The van der Waals surface area contributed by atoms with Gasteiger partial charge in [-0.25, -0.2) is 9.13 Å². The predicted octanol–water partition coefficient (Wildman–Crippen LogP) is 19.3. The van der Waals surface area contributed by atoms with Crippen LogP contribution in [-0.2, 0) is 65.4 Å². The molecule has 0 amide bonds. The third kappa shape index (κ3) is 61.6. The van der Waals surface area contributed by atoms with E-state index in [1.165, 1.54) is 128 Å². The Balaban J connectivity index is 5.26. The number of hydrogen-bond acceptors (Lipinski definition) is 15. The van der Waals surface area contributed by atoms with Crippen molar-refractivity contribution in [3.05, 3.63) is 0 Å². The van der Waals surface area contributed by atoms with Gasteiger partial charge in [-0.1, -0.05) is 287 Å². The van der Waals surface area contributed by atoms with Crippen LogP contribution in [0.15, 0.2) is 0 Å². The van der Waals surface area contributed by atoms with E-state index >= 15 is 0 Å². The molecule has 6 atom stereocenters. The molecule has 0 saturated carbocycles. The quantitative estimate of drug-likeness (QED) is 0.0222.